The van der Waals surface area contributed by atoms with Crippen LogP contribution in [0.3, 0.4) is 0 Å². The van der Waals surface area contributed by atoms with Crippen molar-refractivity contribution in [3.05, 3.63) is 0 Å². The third-order valence-electron chi connectivity index (χ3n) is 3.00. The van der Waals surface area contributed by atoms with Crippen molar-refractivity contribution in [2.75, 3.05) is 20.3 Å². The van der Waals surface area contributed by atoms with Crippen molar-refractivity contribution >= 4 is 5.97 Å². The molecule has 0 amide bonds. The molecule has 0 aliphatic rings. The molecule has 0 saturated carbocycles. The van der Waals surface area contributed by atoms with E-state index in [1.807, 2.05) is 13.8 Å². The van der Waals surface area contributed by atoms with Gasteiger partial charge in [0, 0.05) is 5.54 Å². The molecule has 0 aromatic rings. The monoisotopic (exact) mass is 231 g/mol. The molecule has 0 fully saturated rings. The average molecular weight is 231 g/mol. The molecule has 0 atom stereocenters. The van der Waals surface area contributed by atoms with E-state index in [1.54, 1.807) is 13.8 Å². The fraction of sp³-hybridized carbons (Fsp3) is 0.917. The van der Waals surface area contributed by atoms with Crippen molar-refractivity contribution in [1.29, 1.82) is 0 Å². The summed E-state index contributed by atoms with van der Waals surface area (Å²) >= 11 is 0. The van der Waals surface area contributed by atoms with Crippen molar-refractivity contribution in [2.45, 2.75) is 46.1 Å². The number of rotatable bonds is 7. The average Bonchev–Trinajstić information content (AvgIpc) is 2.27. The van der Waals surface area contributed by atoms with Gasteiger partial charge in [-0.2, -0.15) is 0 Å². The van der Waals surface area contributed by atoms with Gasteiger partial charge in [-0.05, 0) is 26.7 Å². The van der Waals surface area contributed by atoms with Gasteiger partial charge in [0.25, 0.3) is 0 Å². The van der Waals surface area contributed by atoms with Crippen LogP contribution in [0.4, 0.5) is 0 Å². The van der Waals surface area contributed by atoms with E-state index in [0.717, 1.165) is 12.8 Å². The summed E-state index contributed by atoms with van der Waals surface area (Å²) in [5, 5.41) is 0. The first kappa shape index (κ1) is 15.4. The molecule has 2 N–H and O–H groups in total. The zero-order chi connectivity index (χ0) is 12.8. The predicted molar refractivity (Wildman–Crippen MR) is 64.1 cm³/mol. The highest BCUT2D eigenvalue weighted by Crippen LogP contribution is 2.19. The summed E-state index contributed by atoms with van der Waals surface area (Å²) < 4.78 is 10.2. The smallest absolute Gasteiger partial charge is 0.313 e. The van der Waals surface area contributed by atoms with Crippen LogP contribution >= 0.6 is 0 Å². The van der Waals surface area contributed by atoms with Crippen LogP contribution in [0.5, 0.6) is 0 Å². The lowest BCUT2D eigenvalue weighted by atomic mass is 9.93. The van der Waals surface area contributed by atoms with Gasteiger partial charge in [0.2, 0.25) is 0 Å². The van der Waals surface area contributed by atoms with Gasteiger partial charge in [-0.3, -0.25) is 4.79 Å². The Morgan fingerprint density at radius 2 is 1.69 bits per heavy atom. The largest absolute Gasteiger partial charge is 0.469 e. The summed E-state index contributed by atoms with van der Waals surface area (Å²) in [5.74, 6) is -0.261. The highest BCUT2D eigenvalue weighted by atomic mass is 16.5. The number of nitrogens with two attached hydrogens (primary N) is 1. The summed E-state index contributed by atoms with van der Waals surface area (Å²) in [7, 11) is 1.38. The van der Waals surface area contributed by atoms with Crippen LogP contribution < -0.4 is 5.73 Å². The minimum Gasteiger partial charge on any atom is -0.469 e. The lowest BCUT2D eigenvalue weighted by Crippen LogP contribution is -2.44. The van der Waals surface area contributed by atoms with Gasteiger partial charge in [-0.25, -0.2) is 0 Å². The van der Waals surface area contributed by atoms with Gasteiger partial charge in [-0.1, -0.05) is 13.8 Å². The van der Waals surface area contributed by atoms with Crippen LogP contribution in [-0.2, 0) is 14.3 Å². The molecule has 0 spiro atoms. The van der Waals surface area contributed by atoms with Crippen LogP contribution in [0.1, 0.15) is 40.5 Å². The number of carbonyl (C=O) groups is 1. The van der Waals surface area contributed by atoms with E-state index >= 15 is 0 Å². The van der Waals surface area contributed by atoms with E-state index in [0.29, 0.717) is 13.2 Å². The van der Waals surface area contributed by atoms with Gasteiger partial charge in [0.1, 0.15) is 0 Å². The fourth-order valence-electron chi connectivity index (χ4n) is 1.30. The summed E-state index contributed by atoms with van der Waals surface area (Å²) in [6.45, 7) is 8.49. The van der Waals surface area contributed by atoms with Crippen molar-refractivity contribution in [3.63, 3.8) is 0 Å². The highest BCUT2D eigenvalue weighted by molar-refractivity contribution is 5.75. The Hall–Kier alpha value is -0.610. The van der Waals surface area contributed by atoms with Crippen molar-refractivity contribution in [2.24, 2.45) is 11.1 Å². The quantitative estimate of drug-likeness (QED) is 0.678. The molecule has 0 aromatic carbocycles. The third-order valence-corrected chi connectivity index (χ3v) is 3.00. The molecule has 0 radical (unpaired) electrons. The van der Waals surface area contributed by atoms with Crippen molar-refractivity contribution in [1.82, 2.24) is 0 Å². The van der Waals surface area contributed by atoms with Crippen LogP contribution in [0.15, 0.2) is 0 Å². The van der Waals surface area contributed by atoms with E-state index in [2.05, 4.69) is 0 Å². The molecule has 0 aliphatic heterocycles. The Morgan fingerprint density at radius 3 is 2.06 bits per heavy atom. The molecule has 4 nitrogen and oxygen atoms in total. The van der Waals surface area contributed by atoms with Gasteiger partial charge in [0.05, 0.1) is 25.7 Å². The second-order valence-electron chi connectivity index (χ2n) is 4.94. The van der Waals surface area contributed by atoms with E-state index < -0.39 is 5.41 Å². The van der Waals surface area contributed by atoms with Gasteiger partial charge >= 0.3 is 5.97 Å². The summed E-state index contributed by atoms with van der Waals surface area (Å²) in [6, 6.07) is 0. The fourth-order valence-corrected chi connectivity index (χ4v) is 1.30. The molecule has 0 bridgehead atoms. The van der Waals surface area contributed by atoms with Crippen molar-refractivity contribution < 1.29 is 14.3 Å². The maximum atomic E-state index is 11.4. The molecule has 0 aliphatic carbocycles. The standard InChI is InChI=1S/C12H25NO3/c1-6-12(13,7-2)9-16-8-11(3,4)10(14)15-5/h6-9,13H2,1-5H3. The first-order valence-electron chi connectivity index (χ1n) is 5.76. The molecule has 4 heteroatoms. The Labute approximate surface area is 98.5 Å². The summed E-state index contributed by atoms with van der Waals surface area (Å²) in [6.07, 6.45) is 1.73. The summed E-state index contributed by atoms with van der Waals surface area (Å²) in [5.41, 5.74) is 5.19. The molecule has 0 unspecified atom stereocenters. The Morgan fingerprint density at radius 1 is 1.19 bits per heavy atom. The second-order valence-corrected chi connectivity index (χ2v) is 4.94. The van der Waals surface area contributed by atoms with Crippen LogP contribution in [0.2, 0.25) is 0 Å². The maximum Gasteiger partial charge on any atom is 0.313 e. The van der Waals surface area contributed by atoms with E-state index in [1.165, 1.54) is 7.11 Å². The van der Waals surface area contributed by atoms with E-state index in [9.17, 15) is 4.79 Å². The van der Waals surface area contributed by atoms with E-state index in [4.69, 9.17) is 15.2 Å². The minimum absolute atomic E-state index is 0.261. The number of ether oxygens (including phenoxy) is 2. The van der Waals surface area contributed by atoms with Gasteiger partial charge in [-0.15, -0.1) is 0 Å². The van der Waals surface area contributed by atoms with Crippen molar-refractivity contribution in [3.8, 4) is 0 Å². The SMILES string of the molecule is CCC(N)(CC)COCC(C)(C)C(=O)OC. The predicted octanol–water partition coefficient (Wildman–Crippen LogP) is 1.72. The molecule has 96 valence electrons. The number of carbonyl (C=O) groups excluding carboxylic acids is 1. The van der Waals surface area contributed by atoms with Gasteiger partial charge < -0.3 is 15.2 Å². The number of hydrogen-bond donors (Lipinski definition) is 1. The zero-order valence-electron chi connectivity index (χ0n) is 11.1. The number of hydrogen-bond acceptors (Lipinski definition) is 4. The normalized spacial score (nSPS) is 12.6. The Kier molecular flexibility index (Phi) is 5.97. The third kappa shape index (κ3) is 4.49. The molecule has 16 heavy (non-hydrogen) atoms. The molecular weight excluding hydrogens is 206 g/mol. The van der Waals surface area contributed by atoms with Gasteiger partial charge in [0.15, 0.2) is 0 Å². The maximum absolute atomic E-state index is 11.4. The van der Waals surface area contributed by atoms with Crippen LogP contribution in [0.25, 0.3) is 0 Å². The second kappa shape index (κ2) is 6.21. The molecule has 0 rings (SSSR count). The molecule has 0 heterocycles. The minimum atomic E-state index is -0.614. The topological polar surface area (TPSA) is 61.5 Å². The first-order chi connectivity index (χ1) is 7.31. The number of esters is 1. The zero-order valence-corrected chi connectivity index (χ0v) is 11.1. The Balaban J connectivity index is 4.11. The van der Waals surface area contributed by atoms with Crippen LogP contribution in [-0.4, -0.2) is 31.8 Å². The molecule has 0 saturated heterocycles. The highest BCUT2D eigenvalue weighted by Gasteiger charge is 2.30. The molecule has 0 aromatic heterocycles. The lowest BCUT2D eigenvalue weighted by Gasteiger charge is -2.28. The lowest BCUT2D eigenvalue weighted by molar-refractivity contribution is -0.154. The number of methoxy groups -OCH3 is 1. The Bertz CT molecular complexity index is 222. The summed E-state index contributed by atoms with van der Waals surface area (Å²) in [4.78, 5) is 11.4. The molecular formula is C12H25NO3. The van der Waals surface area contributed by atoms with E-state index in [-0.39, 0.29) is 11.5 Å². The first-order valence-corrected chi connectivity index (χ1v) is 5.76. The van der Waals surface area contributed by atoms with Crippen LogP contribution in [0, 0.1) is 5.41 Å².